The minimum atomic E-state index is -1.06. The summed E-state index contributed by atoms with van der Waals surface area (Å²) < 4.78 is 0. The second-order valence-electron chi connectivity index (χ2n) is 4.83. The van der Waals surface area contributed by atoms with Gasteiger partial charge >= 0.3 is 5.97 Å². The molecule has 16 heavy (non-hydrogen) atoms. The van der Waals surface area contributed by atoms with Gasteiger partial charge < -0.3 is 10.4 Å². The van der Waals surface area contributed by atoms with Crippen molar-refractivity contribution in [1.29, 1.82) is 0 Å². The Morgan fingerprint density at radius 2 is 2.06 bits per heavy atom. The molecule has 88 valence electrons. The van der Waals surface area contributed by atoms with E-state index in [0.29, 0.717) is 5.82 Å². The molecule has 1 aromatic rings. The van der Waals surface area contributed by atoms with Crippen molar-refractivity contribution < 1.29 is 9.90 Å². The van der Waals surface area contributed by atoms with Crippen LogP contribution in [0.4, 0.5) is 5.82 Å². The maximum Gasteiger partial charge on any atom is 0.356 e. The Morgan fingerprint density at radius 1 is 1.38 bits per heavy atom. The summed E-state index contributed by atoms with van der Waals surface area (Å²) in [5, 5.41) is 11.7. The van der Waals surface area contributed by atoms with Crippen LogP contribution in [0.5, 0.6) is 0 Å². The highest BCUT2D eigenvalue weighted by Crippen LogP contribution is 2.17. The van der Waals surface area contributed by atoms with Crippen LogP contribution < -0.4 is 5.32 Å². The molecule has 0 aliphatic rings. The van der Waals surface area contributed by atoms with Gasteiger partial charge in [0, 0.05) is 6.54 Å². The summed E-state index contributed by atoms with van der Waals surface area (Å²) in [5.74, 6) is -0.456. The number of nitrogens with one attached hydrogen (secondary N) is 1. The zero-order valence-electron chi connectivity index (χ0n) is 9.82. The number of hydrogen-bond donors (Lipinski definition) is 2. The quantitative estimate of drug-likeness (QED) is 0.816. The number of carboxylic acids is 1. The van der Waals surface area contributed by atoms with Crippen LogP contribution in [-0.2, 0) is 0 Å². The van der Waals surface area contributed by atoms with E-state index in [-0.39, 0.29) is 11.1 Å². The molecule has 1 aromatic heterocycles. The van der Waals surface area contributed by atoms with Gasteiger partial charge in [0.05, 0.1) is 12.4 Å². The molecule has 0 amide bonds. The molecular formula is C11H17N3O2. The highest BCUT2D eigenvalue weighted by atomic mass is 16.4. The lowest BCUT2D eigenvalue weighted by Gasteiger charge is -2.18. The van der Waals surface area contributed by atoms with Crippen molar-refractivity contribution in [3.63, 3.8) is 0 Å². The van der Waals surface area contributed by atoms with Crippen molar-refractivity contribution in [2.24, 2.45) is 5.41 Å². The summed E-state index contributed by atoms with van der Waals surface area (Å²) in [4.78, 5) is 18.3. The Balaban J connectivity index is 2.47. The number of aromatic nitrogens is 2. The molecule has 2 N–H and O–H groups in total. The lowest BCUT2D eigenvalue weighted by molar-refractivity contribution is 0.0690. The van der Waals surface area contributed by atoms with E-state index >= 15 is 0 Å². The average molecular weight is 223 g/mol. The minimum Gasteiger partial charge on any atom is -0.476 e. The molecular weight excluding hydrogens is 206 g/mol. The van der Waals surface area contributed by atoms with Crippen molar-refractivity contribution in [2.45, 2.75) is 27.2 Å². The van der Waals surface area contributed by atoms with Crippen molar-refractivity contribution >= 4 is 11.8 Å². The molecule has 0 spiro atoms. The van der Waals surface area contributed by atoms with Crippen LogP contribution >= 0.6 is 0 Å². The number of rotatable bonds is 4. The molecule has 0 atom stereocenters. The van der Waals surface area contributed by atoms with Crippen LogP contribution in [0, 0.1) is 5.41 Å². The van der Waals surface area contributed by atoms with Gasteiger partial charge in [-0.15, -0.1) is 0 Å². The standard InChI is InChI=1S/C11H17N3O2/c1-11(2,3)4-5-12-9-7-13-8(6-14-9)10(15)16/h6-7H,4-5H2,1-3H3,(H,12,14)(H,15,16). The molecule has 0 saturated heterocycles. The number of carbonyl (C=O) groups is 1. The van der Waals surface area contributed by atoms with E-state index in [9.17, 15) is 4.79 Å². The first kappa shape index (κ1) is 12.4. The van der Waals surface area contributed by atoms with E-state index < -0.39 is 5.97 Å². The summed E-state index contributed by atoms with van der Waals surface area (Å²) >= 11 is 0. The molecule has 5 heteroatoms. The number of anilines is 1. The second-order valence-corrected chi connectivity index (χ2v) is 4.83. The number of hydrogen-bond acceptors (Lipinski definition) is 4. The lowest BCUT2D eigenvalue weighted by Crippen LogP contribution is -2.13. The highest BCUT2D eigenvalue weighted by Gasteiger charge is 2.09. The van der Waals surface area contributed by atoms with Crippen molar-refractivity contribution in [2.75, 3.05) is 11.9 Å². The highest BCUT2D eigenvalue weighted by molar-refractivity contribution is 5.84. The van der Waals surface area contributed by atoms with E-state index in [2.05, 4.69) is 36.1 Å². The van der Waals surface area contributed by atoms with Gasteiger partial charge in [-0.25, -0.2) is 14.8 Å². The first-order valence-electron chi connectivity index (χ1n) is 5.18. The van der Waals surface area contributed by atoms with Crippen LogP contribution in [0.25, 0.3) is 0 Å². The van der Waals surface area contributed by atoms with Gasteiger partial charge in [0.1, 0.15) is 5.82 Å². The normalized spacial score (nSPS) is 11.2. The van der Waals surface area contributed by atoms with E-state index in [1.54, 1.807) is 0 Å². The molecule has 1 heterocycles. The predicted molar refractivity (Wildman–Crippen MR) is 61.6 cm³/mol. The Kier molecular flexibility index (Phi) is 3.82. The van der Waals surface area contributed by atoms with E-state index in [0.717, 1.165) is 13.0 Å². The fourth-order valence-corrected chi connectivity index (χ4v) is 1.10. The first-order chi connectivity index (χ1) is 7.38. The zero-order chi connectivity index (χ0) is 12.2. The number of nitrogens with zero attached hydrogens (tertiary/aromatic N) is 2. The Bertz CT molecular complexity index is 354. The van der Waals surface area contributed by atoms with Crippen LogP contribution in [0.1, 0.15) is 37.7 Å². The van der Waals surface area contributed by atoms with E-state index in [1.165, 1.54) is 12.4 Å². The summed E-state index contributed by atoms with van der Waals surface area (Å²) in [7, 11) is 0. The maximum absolute atomic E-state index is 10.5. The van der Waals surface area contributed by atoms with Gasteiger partial charge in [0.15, 0.2) is 5.69 Å². The Hall–Kier alpha value is -1.65. The second kappa shape index (κ2) is 4.92. The van der Waals surface area contributed by atoms with Crippen LogP contribution in [-0.4, -0.2) is 27.6 Å². The first-order valence-corrected chi connectivity index (χ1v) is 5.18. The monoisotopic (exact) mass is 223 g/mol. The smallest absolute Gasteiger partial charge is 0.356 e. The van der Waals surface area contributed by atoms with Crippen molar-refractivity contribution in [3.05, 3.63) is 18.1 Å². The van der Waals surface area contributed by atoms with Crippen molar-refractivity contribution in [1.82, 2.24) is 9.97 Å². The summed E-state index contributed by atoms with van der Waals surface area (Å²) in [5.41, 5.74) is 0.225. The van der Waals surface area contributed by atoms with Gasteiger partial charge in [-0.1, -0.05) is 20.8 Å². The van der Waals surface area contributed by atoms with Gasteiger partial charge in [0.2, 0.25) is 0 Å². The molecule has 1 rings (SSSR count). The molecule has 0 radical (unpaired) electrons. The third kappa shape index (κ3) is 4.25. The topological polar surface area (TPSA) is 75.1 Å². The van der Waals surface area contributed by atoms with Gasteiger partial charge in [-0.05, 0) is 11.8 Å². The molecule has 0 aliphatic heterocycles. The minimum absolute atomic E-state index is 0.0404. The number of carboxylic acid groups (broad SMARTS) is 1. The Morgan fingerprint density at radius 3 is 2.50 bits per heavy atom. The molecule has 0 saturated carbocycles. The fourth-order valence-electron chi connectivity index (χ4n) is 1.10. The van der Waals surface area contributed by atoms with Gasteiger partial charge in [-0.2, -0.15) is 0 Å². The molecule has 0 bridgehead atoms. The molecule has 0 fully saturated rings. The summed E-state index contributed by atoms with van der Waals surface area (Å²) in [6.45, 7) is 7.28. The van der Waals surface area contributed by atoms with Gasteiger partial charge in [-0.3, -0.25) is 0 Å². The van der Waals surface area contributed by atoms with E-state index in [1.807, 2.05) is 0 Å². The third-order valence-electron chi connectivity index (χ3n) is 2.05. The average Bonchev–Trinajstić information content (AvgIpc) is 2.16. The van der Waals surface area contributed by atoms with Crippen LogP contribution in [0.3, 0.4) is 0 Å². The van der Waals surface area contributed by atoms with E-state index in [4.69, 9.17) is 5.11 Å². The molecule has 0 aromatic carbocycles. The largest absolute Gasteiger partial charge is 0.476 e. The Labute approximate surface area is 94.9 Å². The maximum atomic E-state index is 10.5. The summed E-state index contributed by atoms with van der Waals surface area (Å²) in [6.07, 6.45) is 3.70. The third-order valence-corrected chi connectivity index (χ3v) is 2.05. The van der Waals surface area contributed by atoms with Crippen LogP contribution in [0.2, 0.25) is 0 Å². The lowest BCUT2D eigenvalue weighted by atomic mass is 9.92. The molecule has 5 nitrogen and oxygen atoms in total. The van der Waals surface area contributed by atoms with Crippen molar-refractivity contribution in [3.8, 4) is 0 Å². The summed E-state index contributed by atoms with van der Waals surface area (Å²) in [6, 6.07) is 0. The zero-order valence-corrected chi connectivity index (χ0v) is 9.82. The SMILES string of the molecule is CC(C)(C)CCNc1cnc(C(=O)O)cn1. The number of aromatic carboxylic acids is 1. The molecule has 0 aliphatic carbocycles. The predicted octanol–water partition coefficient (Wildman–Crippen LogP) is 2.02. The molecule has 0 unspecified atom stereocenters. The van der Waals surface area contributed by atoms with Crippen LogP contribution in [0.15, 0.2) is 12.4 Å². The fraction of sp³-hybridized carbons (Fsp3) is 0.545. The van der Waals surface area contributed by atoms with Gasteiger partial charge in [0.25, 0.3) is 0 Å².